The zero-order chi connectivity index (χ0) is 20.5. The Morgan fingerprint density at radius 1 is 1.18 bits per heavy atom. The number of carbonyl (C=O) groups excluding carboxylic acids is 1. The van der Waals surface area contributed by atoms with Crippen molar-refractivity contribution in [1.82, 2.24) is 14.5 Å². The van der Waals surface area contributed by atoms with Crippen molar-refractivity contribution in [2.24, 2.45) is 0 Å². The number of likely N-dealkylation sites (tertiary alicyclic amines) is 1. The predicted octanol–water partition coefficient (Wildman–Crippen LogP) is 2.07. The van der Waals surface area contributed by atoms with Gasteiger partial charge >= 0.3 is 6.18 Å². The maximum Gasteiger partial charge on any atom is 0.416 e. The molecule has 1 amide bonds. The van der Waals surface area contributed by atoms with E-state index in [-0.39, 0.29) is 29.4 Å². The number of benzene rings is 1. The Kier molecular flexibility index (Phi) is 6.02. The zero-order valence-corrected chi connectivity index (χ0v) is 16.4. The van der Waals surface area contributed by atoms with Crippen LogP contribution in [-0.2, 0) is 21.0 Å². The summed E-state index contributed by atoms with van der Waals surface area (Å²) in [5.41, 5.74) is -0.975. The Balaban J connectivity index is 1.80. The van der Waals surface area contributed by atoms with Crippen LogP contribution >= 0.6 is 0 Å². The number of halogens is 3. The molecule has 0 aromatic heterocycles. The summed E-state index contributed by atoms with van der Waals surface area (Å²) in [7, 11) is -2.37. The maximum atomic E-state index is 13.2. The van der Waals surface area contributed by atoms with Gasteiger partial charge in [-0.05, 0) is 50.9 Å². The molecule has 156 valence electrons. The molecule has 1 saturated carbocycles. The largest absolute Gasteiger partial charge is 0.416 e. The Bertz CT molecular complexity index is 817. The van der Waals surface area contributed by atoms with Crippen LogP contribution in [-0.4, -0.2) is 62.3 Å². The second kappa shape index (κ2) is 8.00. The lowest BCUT2D eigenvalue weighted by atomic mass is 10.0. The third-order valence-corrected chi connectivity index (χ3v) is 7.15. The molecule has 0 unspecified atom stereocenters. The van der Waals surface area contributed by atoms with E-state index >= 15 is 0 Å². The molecule has 6 nitrogen and oxygen atoms in total. The molecule has 28 heavy (non-hydrogen) atoms. The SMILES string of the molecule is CNCC(=O)N1CCC(N(C2CC2)S(=O)(=O)c2cccc(C(F)(F)F)c2)CC1. The van der Waals surface area contributed by atoms with E-state index in [0.29, 0.717) is 44.8 Å². The van der Waals surface area contributed by atoms with Gasteiger partial charge in [-0.1, -0.05) is 6.07 Å². The van der Waals surface area contributed by atoms with Crippen molar-refractivity contribution in [3.05, 3.63) is 29.8 Å². The first-order valence-corrected chi connectivity index (χ1v) is 10.7. The van der Waals surface area contributed by atoms with Crippen LogP contribution in [0.1, 0.15) is 31.2 Å². The monoisotopic (exact) mass is 419 g/mol. The molecule has 0 atom stereocenters. The summed E-state index contributed by atoms with van der Waals surface area (Å²) in [4.78, 5) is 13.4. The van der Waals surface area contributed by atoms with Crippen LogP contribution in [0.2, 0.25) is 0 Å². The zero-order valence-electron chi connectivity index (χ0n) is 15.6. The van der Waals surface area contributed by atoms with E-state index in [9.17, 15) is 26.4 Å². The number of sulfonamides is 1. The number of hydrogen-bond acceptors (Lipinski definition) is 4. The third kappa shape index (κ3) is 4.49. The van der Waals surface area contributed by atoms with Gasteiger partial charge in [-0.3, -0.25) is 4.79 Å². The van der Waals surface area contributed by atoms with Crippen LogP contribution in [0.5, 0.6) is 0 Å². The Hall–Kier alpha value is -1.65. The Morgan fingerprint density at radius 3 is 2.32 bits per heavy atom. The highest BCUT2D eigenvalue weighted by Crippen LogP contribution is 2.38. The molecule has 1 N–H and O–H groups in total. The van der Waals surface area contributed by atoms with Gasteiger partial charge in [-0.25, -0.2) is 8.42 Å². The van der Waals surface area contributed by atoms with Gasteiger partial charge in [-0.2, -0.15) is 17.5 Å². The average Bonchev–Trinajstić information content (AvgIpc) is 3.47. The van der Waals surface area contributed by atoms with Crippen LogP contribution in [0.15, 0.2) is 29.2 Å². The minimum Gasteiger partial charge on any atom is -0.341 e. The summed E-state index contributed by atoms with van der Waals surface area (Å²) in [6.45, 7) is 1.10. The quantitative estimate of drug-likeness (QED) is 0.767. The molecule has 1 saturated heterocycles. The molecule has 2 aliphatic rings. The molecular weight excluding hydrogens is 395 g/mol. The van der Waals surface area contributed by atoms with Gasteiger partial charge in [0, 0.05) is 25.2 Å². The minimum atomic E-state index is -4.60. The summed E-state index contributed by atoms with van der Waals surface area (Å²) in [6, 6.07) is 3.42. The van der Waals surface area contributed by atoms with Crippen LogP contribution < -0.4 is 5.32 Å². The Morgan fingerprint density at radius 2 is 1.79 bits per heavy atom. The second-order valence-corrected chi connectivity index (χ2v) is 9.08. The lowest BCUT2D eigenvalue weighted by Gasteiger charge is -2.38. The number of nitrogens with one attached hydrogen (secondary N) is 1. The molecule has 3 rings (SSSR count). The molecule has 1 aromatic carbocycles. The minimum absolute atomic E-state index is 0.0420. The molecule has 2 fully saturated rings. The molecule has 1 aromatic rings. The lowest BCUT2D eigenvalue weighted by Crippen LogP contribution is -2.50. The molecule has 1 aliphatic carbocycles. The molecule has 0 radical (unpaired) electrons. The topological polar surface area (TPSA) is 69.7 Å². The number of carbonyl (C=O) groups is 1. The number of hydrogen-bond donors (Lipinski definition) is 1. The van der Waals surface area contributed by atoms with Gasteiger partial charge in [0.05, 0.1) is 17.0 Å². The van der Waals surface area contributed by atoms with Gasteiger partial charge in [0.15, 0.2) is 0 Å². The van der Waals surface area contributed by atoms with Crippen molar-refractivity contribution in [2.75, 3.05) is 26.7 Å². The highest BCUT2D eigenvalue weighted by atomic mass is 32.2. The van der Waals surface area contributed by atoms with Crippen LogP contribution in [0.3, 0.4) is 0 Å². The first-order valence-electron chi connectivity index (χ1n) is 9.28. The van der Waals surface area contributed by atoms with E-state index in [4.69, 9.17) is 0 Å². The van der Waals surface area contributed by atoms with Crippen molar-refractivity contribution in [2.45, 2.75) is 48.8 Å². The number of nitrogens with zero attached hydrogens (tertiary/aromatic N) is 2. The molecule has 0 spiro atoms. The first kappa shape index (κ1) is 21.1. The van der Waals surface area contributed by atoms with Crippen LogP contribution in [0, 0.1) is 0 Å². The number of piperidine rings is 1. The van der Waals surface area contributed by atoms with Gasteiger partial charge in [0.25, 0.3) is 0 Å². The molecule has 1 heterocycles. The normalized spacial score (nSPS) is 19.2. The van der Waals surface area contributed by atoms with Crippen molar-refractivity contribution in [3.8, 4) is 0 Å². The number of likely N-dealkylation sites (N-methyl/N-ethyl adjacent to an activating group) is 1. The van der Waals surface area contributed by atoms with Crippen molar-refractivity contribution in [3.63, 3.8) is 0 Å². The van der Waals surface area contributed by atoms with E-state index in [1.165, 1.54) is 10.4 Å². The first-order chi connectivity index (χ1) is 13.1. The van der Waals surface area contributed by atoms with Crippen molar-refractivity contribution >= 4 is 15.9 Å². The number of rotatable bonds is 6. The van der Waals surface area contributed by atoms with E-state index in [0.717, 1.165) is 12.1 Å². The molecular formula is C18H24F3N3O3S. The highest BCUT2D eigenvalue weighted by Gasteiger charge is 2.44. The number of amides is 1. The van der Waals surface area contributed by atoms with Gasteiger partial charge in [-0.15, -0.1) is 0 Å². The fraction of sp³-hybridized carbons (Fsp3) is 0.611. The predicted molar refractivity (Wildman–Crippen MR) is 97.0 cm³/mol. The molecule has 10 heteroatoms. The maximum absolute atomic E-state index is 13.2. The summed E-state index contributed by atoms with van der Waals surface area (Å²) >= 11 is 0. The summed E-state index contributed by atoms with van der Waals surface area (Å²) in [5, 5.41) is 2.80. The molecule has 0 bridgehead atoms. The third-order valence-electron chi connectivity index (χ3n) is 5.15. The van der Waals surface area contributed by atoms with E-state index in [1.807, 2.05) is 0 Å². The summed E-state index contributed by atoms with van der Waals surface area (Å²) in [5.74, 6) is -0.0420. The fourth-order valence-corrected chi connectivity index (χ4v) is 5.58. The average molecular weight is 419 g/mol. The number of alkyl halides is 3. The second-order valence-electron chi connectivity index (χ2n) is 7.23. The standard InChI is InChI=1S/C18H24F3N3O3S/c1-22-12-17(25)23-9-7-15(8-10-23)24(14-5-6-14)28(26,27)16-4-2-3-13(11-16)18(19,20)21/h2-4,11,14-15,22H,5-10,12H2,1H3. The molecule has 1 aliphatic heterocycles. The van der Waals surface area contributed by atoms with Crippen LogP contribution in [0.25, 0.3) is 0 Å². The summed E-state index contributed by atoms with van der Waals surface area (Å²) < 4.78 is 66.8. The van der Waals surface area contributed by atoms with E-state index < -0.39 is 21.8 Å². The van der Waals surface area contributed by atoms with E-state index in [2.05, 4.69) is 5.32 Å². The highest BCUT2D eigenvalue weighted by molar-refractivity contribution is 7.89. The Labute approximate surface area is 162 Å². The van der Waals surface area contributed by atoms with Crippen LogP contribution in [0.4, 0.5) is 13.2 Å². The fourth-order valence-electron chi connectivity index (χ4n) is 3.61. The van der Waals surface area contributed by atoms with Crippen molar-refractivity contribution < 1.29 is 26.4 Å². The lowest BCUT2D eigenvalue weighted by molar-refractivity contribution is -0.137. The van der Waals surface area contributed by atoms with Crippen molar-refractivity contribution in [1.29, 1.82) is 0 Å². The van der Waals surface area contributed by atoms with Gasteiger partial charge in [0.2, 0.25) is 15.9 Å². The smallest absolute Gasteiger partial charge is 0.341 e. The van der Waals surface area contributed by atoms with E-state index in [1.54, 1.807) is 11.9 Å². The summed E-state index contributed by atoms with van der Waals surface area (Å²) in [6.07, 6.45) is -2.24. The van der Waals surface area contributed by atoms with Gasteiger partial charge < -0.3 is 10.2 Å². The van der Waals surface area contributed by atoms with Gasteiger partial charge in [0.1, 0.15) is 0 Å².